The number of nitrogens with zero attached hydrogens (tertiary/aromatic N) is 1. The summed E-state index contributed by atoms with van der Waals surface area (Å²) >= 11 is 0. The standard InChI is InChI=1S/C21H26N2O3/c1-15(16-5-3-2-4-6-16)13-20(25)23-17-9-11-21(26,12-10-17)19-8-7-18(24)14-22-19/h2-8,14-15,17,24,26H,9-13H2,1H3,(H,23,25). The van der Waals surface area contributed by atoms with Crippen LogP contribution < -0.4 is 5.32 Å². The van der Waals surface area contributed by atoms with Gasteiger partial charge in [-0.15, -0.1) is 0 Å². The highest BCUT2D eigenvalue weighted by Crippen LogP contribution is 2.36. The van der Waals surface area contributed by atoms with E-state index in [0.29, 0.717) is 37.8 Å². The molecule has 1 aliphatic carbocycles. The van der Waals surface area contributed by atoms with Gasteiger partial charge in [0, 0.05) is 12.5 Å². The number of nitrogens with one attached hydrogen (secondary N) is 1. The first kappa shape index (κ1) is 18.4. The van der Waals surface area contributed by atoms with Crippen LogP contribution in [0.25, 0.3) is 0 Å². The molecule has 26 heavy (non-hydrogen) atoms. The van der Waals surface area contributed by atoms with E-state index in [0.717, 1.165) is 0 Å². The summed E-state index contributed by atoms with van der Waals surface area (Å²) in [7, 11) is 0. The fourth-order valence-electron chi connectivity index (χ4n) is 3.62. The second-order valence-corrected chi connectivity index (χ2v) is 7.29. The summed E-state index contributed by atoms with van der Waals surface area (Å²) in [6.45, 7) is 2.06. The summed E-state index contributed by atoms with van der Waals surface area (Å²) in [6, 6.07) is 13.3. The van der Waals surface area contributed by atoms with E-state index in [9.17, 15) is 15.0 Å². The van der Waals surface area contributed by atoms with Crippen LogP contribution in [0.3, 0.4) is 0 Å². The van der Waals surface area contributed by atoms with Gasteiger partial charge in [-0.25, -0.2) is 0 Å². The average Bonchev–Trinajstić information content (AvgIpc) is 2.65. The summed E-state index contributed by atoms with van der Waals surface area (Å²) in [4.78, 5) is 16.5. The van der Waals surface area contributed by atoms with Crippen molar-refractivity contribution in [2.24, 2.45) is 0 Å². The van der Waals surface area contributed by atoms with Gasteiger partial charge < -0.3 is 15.5 Å². The highest BCUT2D eigenvalue weighted by molar-refractivity contribution is 5.77. The SMILES string of the molecule is CC(CC(=O)NC1CCC(O)(c2ccc(O)cn2)CC1)c1ccccc1. The third-order valence-corrected chi connectivity index (χ3v) is 5.26. The van der Waals surface area contributed by atoms with Crippen LogP contribution >= 0.6 is 0 Å². The fraction of sp³-hybridized carbons (Fsp3) is 0.429. The number of benzene rings is 1. The monoisotopic (exact) mass is 354 g/mol. The lowest BCUT2D eigenvalue weighted by Crippen LogP contribution is -2.42. The van der Waals surface area contributed by atoms with Crippen molar-refractivity contribution in [2.45, 2.75) is 56.6 Å². The molecule has 1 amide bonds. The van der Waals surface area contributed by atoms with E-state index >= 15 is 0 Å². The topological polar surface area (TPSA) is 82.5 Å². The normalized spacial score (nSPS) is 24.0. The second kappa shape index (κ2) is 7.87. The Kier molecular flexibility index (Phi) is 5.57. The van der Waals surface area contributed by atoms with Crippen molar-refractivity contribution in [3.8, 4) is 5.75 Å². The predicted octanol–water partition coefficient (Wildman–Crippen LogP) is 3.23. The third-order valence-electron chi connectivity index (χ3n) is 5.26. The summed E-state index contributed by atoms with van der Waals surface area (Å²) in [6.07, 6.45) is 4.33. The number of pyridine rings is 1. The van der Waals surface area contributed by atoms with E-state index in [2.05, 4.69) is 17.2 Å². The van der Waals surface area contributed by atoms with Crippen molar-refractivity contribution in [3.63, 3.8) is 0 Å². The summed E-state index contributed by atoms with van der Waals surface area (Å²) in [5.74, 6) is 0.323. The summed E-state index contributed by atoms with van der Waals surface area (Å²) in [5.41, 5.74) is 0.767. The minimum atomic E-state index is -0.980. The maximum Gasteiger partial charge on any atom is 0.220 e. The molecule has 0 aliphatic heterocycles. The third kappa shape index (κ3) is 4.41. The van der Waals surface area contributed by atoms with Crippen LogP contribution in [0.2, 0.25) is 0 Å². The van der Waals surface area contributed by atoms with Gasteiger partial charge in [-0.05, 0) is 49.3 Å². The Bertz CT molecular complexity index is 723. The molecule has 0 spiro atoms. The largest absolute Gasteiger partial charge is 0.506 e. The molecule has 3 rings (SSSR count). The summed E-state index contributed by atoms with van der Waals surface area (Å²) < 4.78 is 0. The molecule has 5 nitrogen and oxygen atoms in total. The Hall–Kier alpha value is -2.40. The van der Waals surface area contributed by atoms with Crippen LogP contribution in [-0.4, -0.2) is 27.1 Å². The lowest BCUT2D eigenvalue weighted by Gasteiger charge is -2.36. The zero-order valence-corrected chi connectivity index (χ0v) is 15.1. The Balaban J connectivity index is 1.50. The Morgan fingerprint density at radius 1 is 1.23 bits per heavy atom. The highest BCUT2D eigenvalue weighted by atomic mass is 16.3. The fourth-order valence-corrected chi connectivity index (χ4v) is 3.62. The van der Waals surface area contributed by atoms with E-state index in [1.54, 1.807) is 12.1 Å². The van der Waals surface area contributed by atoms with E-state index < -0.39 is 5.60 Å². The maximum absolute atomic E-state index is 12.4. The van der Waals surface area contributed by atoms with Crippen LogP contribution in [-0.2, 0) is 10.4 Å². The molecule has 1 aliphatic rings. The number of carbonyl (C=O) groups excluding carboxylic acids is 1. The number of hydrogen-bond acceptors (Lipinski definition) is 4. The van der Waals surface area contributed by atoms with Crippen molar-refractivity contribution in [3.05, 3.63) is 59.9 Å². The van der Waals surface area contributed by atoms with Crippen molar-refractivity contribution < 1.29 is 15.0 Å². The molecule has 3 N–H and O–H groups in total. The average molecular weight is 354 g/mol. The van der Waals surface area contributed by atoms with Gasteiger partial charge in [-0.2, -0.15) is 0 Å². The Labute approximate surface area is 154 Å². The molecule has 1 atom stereocenters. The van der Waals surface area contributed by atoms with Gasteiger partial charge in [-0.1, -0.05) is 37.3 Å². The predicted molar refractivity (Wildman–Crippen MR) is 99.7 cm³/mol. The van der Waals surface area contributed by atoms with Gasteiger partial charge in [0.05, 0.1) is 11.9 Å². The molecule has 1 unspecified atom stereocenters. The Morgan fingerprint density at radius 3 is 2.54 bits per heavy atom. The maximum atomic E-state index is 12.4. The van der Waals surface area contributed by atoms with Crippen molar-refractivity contribution in [1.82, 2.24) is 10.3 Å². The van der Waals surface area contributed by atoms with E-state index in [1.807, 2.05) is 30.3 Å². The van der Waals surface area contributed by atoms with Crippen LogP contribution in [0.1, 0.15) is 56.2 Å². The quantitative estimate of drug-likeness (QED) is 0.770. The zero-order valence-electron chi connectivity index (χ0n) is 15.1. The second-order valence-electron chi connectivity index (χ2n) is 7.29. The molecule has 1 aromatic carbocycles. The molecule has 1 fully saturated rings. The molecular formula is C21H26N2O3. The number of aliphatic hydroxyl groups is 1. The molecule has 0 bridgehead atoms. The van der Waals surface area contributed by atoms with E-state index in [1.165, 1.54) is 11.8 Å². The highest BCUT2D eigenvalue weighted by Gasteiger charge is 2.36. The summed E-state index contributed by atoms with van der Waals surface area (Å²) in [5, 5.41) is 23.3. The van der Waals surface area contributed by atoms with E-state index in [-0.39, 0.29) is 23.6 Å². The van der Waals surface area contributed by atoms with Crippen molar-refractivity contribution in [2.75, 3.05) is 0 Å². The molecule has 1 aromatic heterocycles. The number of aromatic hydroxyl groups is 1. The van der Waals surface area contributed by atoms with Gasteiger partial charge in [-0.3, -0.25) is 9.78 Å². The van der Waals surface area contributed by atoms with Crippen molar-refractivity contribution in [1.29, 1.82) is 0 Å². The zero-order chi connectivity index (χ0) is 18.6. The smallest absolute Gasteiger partial charge is 0.220 e. The molecule has 2 aromatic rings. The van der Waals surface area contributed by atoms with E-state index in [4.69, 9.17) is 0 Å². The van der Waals surface area contributed by atoms with Crippen molar-refractivity contribution >= 4 is 5.91 Å². The van der Waals surface area contributed by atoms with Gasteiger partial charge in [0.2, 0.25) is 5.91 Å². The number of hydrogen-bond donors (Lipinski definition) is 3. The first-order chi connectivity index (χ1) is 12.5. The molecular weight excluding hydrogens is 328 g/mol. The number of rotatable bonds is 5. The van der Waals surface area contributed by atoms with Crippen LogP contribution in [0, 0.1) is 0 Å². The van der Waals surface area contributed by atoms with Gasteiger partial charge in [0.25, 0.3) is 0 Å². The number of carbonyl (C=O) groups is 1. The molecule has 1 saturated carbocycles. The first-order valence-corrected chi connectivity index (χ1v) is 9.18. The lowest BCUT2D eigenvalue weighted by atomic mass is 9.79. The van der Waals surface area contributed by atoms with Gasteiger partial charge in [0.1, 0.15) is 11.4 Å². The van der Waals surface area contributed by atoms with Crippen LogP contribution in [0.5, 0.6) is 5.75 Å². The molecule has 5 heteroatoms. The molecule has 138 valence electrons. The molecule has 1 heterocycles. The van der Waals surface area contributed by atoms with Gasteiger partial charge >= 0.3 is 0 Å². The van der Waals surface area contributed by atoms with Gasteiger partial charge in [0.15, 0.2) is 0 Å². The minimum Gasteiger partial charge on any atom is -0.506 e. The number of aromatic nitrogens is 1. The minimum absolute atomic E-state index is 0.0551. The van der Waals surface area contributed by atoms with Crippen LogP contribution in [0.4, 0.5) is 0 Å². The lowest BCUT2D eigenvalue weighted by molar-refractivity contribution is -0.123. The first-order valence-electron chi connectivity index (χ1n) is 9.18. The number of amides is 1. The van der Waals surface area contributed by atoms with Crippen LogP contribution in [0.15, 0.2) is 48.7 Å². The molecule has 0 saturated heterocycles. The molecule has 0 radical (unpaired) electrons. The Morgan fingerprint density at radius 2 is 1.92 bits per heavy atom.